The Morgan fingerprint density at radius 1 is 1.37 bits per heavy atom. The summed E-state index contributed by atoms with van der Waals surface area (Å²) in [5, 5.41) is 0. The highest BCUT2D eigenvalue weighted by atomic mass is 19.1. The summed E-state index contributed by atoms with van der Waals surface area (Å²) in [5.41, 5.74) is 5.17. The molecule has 100 valence electrons. The molecule has 0 amide bonds. The fourth-order valence-corrected chi connectivity index (χ4v) is 2.03. The smallest absolute Gasteiger partial charge is 0.165 e. The molecule has 2 rings (SSSR count). The van der Waals surface area contributed by atoms with Crippen LogP contribution in [-0.4, -0.2) is 12.1 Å². The first kappa shape index (κ1) is 13.5. The van der Waals surface area contributed by atoms with Gasteiger partial charge in [0.1, 0.15) is 0 Å². The fraction of sp³-hybridized carbons (Fsp3) is 0.214. The number of hydrogen-bond acceptors (Lipinski definition) is 4. The Morgan fingerprint density at radius 3 is 2.74 bits per heavy atom. The van der Waals surface area contributed by atoms with Crippen LogP contribution < -0.4 is 16.0 Å². The highest BCUT2D eigenvalue weighted by Crippen LogP contribution is 2.26. The van der Waals surface area contributed by atoms with Crippen LogP contribution in [0, 0.1) is 12.7 Å². The lowest BCUT2D eigenvalue weighted by atomic mass is 9.98. The molecular formula is C14H16FN3O. The molecule has 1 atom stereocenters. The third-order valence-corrected chi connectivity index (χ3v) is 3.03. The Hall–Kier alpha value is -1.98. The van der Waals surface area contributed by atoms with Crippen molar-refractivity contribution in [2.24, 2.45) is 5.84 Å². The summed E-state index contributed by atoms with van der Waals surface area (Å²) in [6, 6.07) is 8.20. The number of nitrogens with two attached hydrogens (primary N) is 1. The van der Waals surface area contributed by atoms with Gasteiger partial charge in [-0.3, -0.25) is 10.8 Å². The van der Waals surface area contributed by atoms with Crippen molar-refractivity contribution in [3.8, 4) is 5.75 Å². The number of aromatic nitrogens is 1. The van der Waals surface area contributed by atoms with Crippen molar-refractivity contribution in [1.82, 2.24) is 10.4 Å². The topological polar surface area (TPSA) is 60.2 Å². The van der Waals surface area contributed by atoms with Gasteiger partial charge in [-0.05, 0) is 36.2 Å². The van der Waals surface area contributed by atoms with Crippen molar-refractivity contribution in [2.75, 3.05) is 7.11 Å². The molecule has 5 heteroatoms. The van der Waals surface area contributed by atoms with Crippen molar-refractivity contribution in [2.45, 2.75) is 13.0 Å². The number of halogens is 1. The van der Waals surface area contributed by atoms with Crippen LogP contribution in [0.2, 0.25) is 0 Å². The molecule has 19 heavy (non-hydrogen) atoms. The quantitative estimate of drug-likeness (QED) is 0.653. The maximum absolute atomic E-state index is 13.8. The molecule has 1 unspecified atom stereocenters. The van der Waals surface area contributed by atoms with E-state index >= 15 is 0 Å². The van der Waals surface area contributed by atoms with E-state index in [1.807, 2.05) is 19.1 Å². The van der Waals surface area contributed by atoms with E-state index < -0.39 is 5.82 Å². The van der Waals surface area contributed by atoms with Crippen LogP contribution in [-0.2, 0) is 0 Å². The number of aryl methyl sites for hydroxylation is 1. The lowest BCUT2D eigenvalue weighted by Gasteiger charge is -2.19. The third-order valence-electron chi connectivity index (χ3n) is 3.03. The maximum atomic E-state index is 13.8. The van der Waals surface area contributed by atoms with Crippen LogP contribution in [0.3, 0.4) is 0 Å². The van der Waals surface area contributed by atoms with E-state index in [1.54, 1.807) is 18.3 Å². The molecule has 0 radical (unpaired) electrons. The first-order valence-electron chi connectivity index (χ1n) is 5.88. The summed E-state index contributed by atoms with van der Waals surface area (Å²) >= 11 is 0. The zero-order valence-electron chi connectivity index (χ0n) is 10.9. The summed E-state index contributed by atoms with van der Waals surface area (Å²) in [6.45, 7) is 1.89. The molecule has 1 aromatic carbocycles. The molecule has 0 saturated carbocycles. The fourth-order valence-electron chi connectivity index (χ4n) is 2.03. The van der Waals surface area contributed by atoms with Crippen LogP contribution in [0.5, 0.6) is 5.75 Å². The van der Waals surface area contributed by atoms with Crippen LogP contribution in [0.1, 0.15) is 22.9 Å². The van der Waals surface area contributed by atoms with Gasteiger partial charge in [0.15, 0.2) is 11.6 Å². The first-order valence-corrected chi connectivity index (χ1v) is 5.88. The molecule has 0 bridgehead atoms. The highest BCUT2D eigenvalue weighted by Gasteiger charge is 2.16. The van der Waals surface area contributed by atoms with Crippen molar-refractivity contribution in [1.29, 1.82) is 0 Å². The van der Waals surface area contributed by atoms with Crippen LogP contribution in [0.15, 0.2) is 36.5 Å². The summed E-state index contributed by atoms with van der Waals surface area (Å²) in [5.74, 6) is 5.39. The number of rotatable bonds is 4. The summed E-state index contributed by atoms with van der Waals surface area (Å²) in [7, 11) is 1.43. The minimum Gasteiger partial charge on any atom is -0.494 e. The summed E-state index contributed by atoms with van der Waals surface area (Å²) in [6.07, 6.45) is 1.71. The second kappa shape index (κ2) is 5.77. The third kappa shape index (κ3) is 2.72. The Balaban J connectivity index is 2.43. The van der Waals surface area contributed by atoms with E-state index in [9.17, 15) is 4.39 Å². The molecule has 3 N–H and O–H groups in total. The lowest BCUT2D eigenvalue weighted by molar-refractivity contribution is 0.385. The molecule has 1 heterocycles. The zero-order valence-corrected chi connectivity index (χ0v) is 10.9. The molecular weight excluding hydrogens is 245 g/mol. The summed E-state index contributed by atoms with van der Waals surface area (Å²) in [4.78, 5) is 4.22. The number of ether oxygens (including phenoxy) is 1. The molecule has 2 aromatic rings. The molecule has 0 fully saturated rings. The number of nitrogens with one attached hydrogen (secondary N) is 1. The van der Waals surface area contributed by atoms with E-state index in [1.165, 1.54) is 13.2 Å². The van der Waals surface area contributed by atoms with Crippen molar-refractivity contribution in [3.63, 3.8) is 0 Å². The number of nitrogens with zero attached hydrogens (tertiary/aromatic N) is 1. The van der Waals surface area contributed by atoms with Gasteiger partial charge >= 0.3 is 0 Å². The SMILES string of the molecule is COc1ccc(C(NN)c2cccnc2C)cc1F. The minimum absolute atomic E-state index is 0.211. The molecule has 1 aromatic heterocycles. The molecule has 0 aliphatic rings. The zero-order chi connectivity index (χ0) is 13.8. The van der Waals surface area contributed by atoms with E-state index in [2.05, 4.69) is 10.4 Å². The van der Waals surface area contributed by atoms with E-state index in [0.717, 1.165) is 16.8 Å². The normalized spacial score (nSPS) is 12.2. The number of pyridine rings is 1. The largest absolute Gasteiger partial charge is 0.494 e. The van der Waals surface area contributed by atoms with Gasteiger partial charge in [0, 0.05) is 11.9 Å². The number of benzene rings is 1. The van der Waals surface area contributed by atoms with Crippen molar-refractivity contribution in [3.05, 3.63) is 59.2 Å². The van der Waals surface area contributed by atoms with Gasteiger partial charge in [0.05, 0.1) is 13.2 Å². The minimum atomic E-state index is -0.415. The molecule has 0 spiro atoms. The van der Waals surface area contributed by atoms with Crippen molar-refractivity contribution >= 4 is 0 Å². The highest BCUT2D eigenvalue weighted by molar-refractivity contribution is 5.37. The number of methoxy groups -OCH3 is 1. The standard InChI is InChI=1S/C14H16FN3O/c1-9-11(4-3-7-17-9)14(18-16)10-5-6-13(19-2)12(15)8-10/h3-8,14,18H,16H2,1-2H3. The van der Waals surface area contributed by atoms with Crippen molar-refractivity contribution < 1.29 is 9.13 Å². The Morgan fingerprint density at radius 2 is 2.16 bits per heavy atom. The predicted molar refractivity (Wildman–Crippen MR) is 71.1 cm³/mol. The Bertz CT molecular complexity index is 574. The molecule has 0 aliphatic carbocycles. The van der Waals surface area contributed by atoms with Gasteiger partial charge in [0.2, 0.25) is 0 Å². The first-order chi connectivity index (χ1) is 9.17. The number of hydrazine groups is 1. The van der Waals surface area contributed by atoms with Gasteiger partial charge < -0.3 is 4.74 Å². The Labute approximate surface area is 111 Å². The van der Waals surface area contributed by atoms with Crippen LogP contribution in [0.4, 0.5) is 4.39 Å². The second-order valence-corrected chi connectivity index (χ2v) is 4.17. The van der Waals surface area contributed by atoms with E-state index in [0.29, 0.717) is 0 Å². The van der Waals surface area contributed by atoms with Crippen LogP contribution in [0.25, 0.3) is 0 Å². The lowest BCUT2D eigenvalue weighted by Crippen LogP contribution is -2.29. The summed E-state index contributed by atoms with van der Waals surface area (Å²) < 4.78 is 18.7. The monoisotopic (exact) mass is 261 g/mol. The van der Waals surface area contributed by atoms with E-state index in [4.69, 9.17) is 10.6 Å². The number of hydrogen-bond donors (Lipinski definition) is 2. The molecule has 0 aliphatic heterocycles. The average molecular weight is 261 g/mol. The average Bonchev–Trinajstić information content (AvgIpc) is 2.42. The van der Waals surface area contributed by atoms with Gasteiger partial charge in [-0.25, -0.2) is 9.82 Å². The van der Waals surface area contributed by atoms with Gasteiger partial charge in [-0.15, -0.1) is 0 Å². The van der Waals surface area contributed by atoms with Gasteiger partial charge in [-0.2, -0.15) is 0 Å². The second-order valence-electron chi connectivity index (χ2n) is 4.17. The van der Waals surface area contributed by atoms with Crippen LogP contribution >= 0.6 is 0 Å². The van der Waals surface area contributed by atoms with E-state index in [-0.39, 0.29) is 11.8 Å². The maximum Gasteiger partial charge on any atom is 0.165 e. The predicted octanol–water partition coefficient (Wildman–Crippen LogP) is 2.09. The van der Waals surface area contributed by atoms with Gasteiger partial charge in [-0.1, -0.05) is 12.1 Å². The molecule has 4 nitrogen and oxygen atoms in total. The molecule has 0 saturated heterocycles. The van der Waals surface area contributed by atoms with Gasteiger partial charge in [0.25, 0.3) is 0 Å². The Kier molecular flexibility index (Phi) is 4.09.